The molecule has 0 fully saturated rings. The van der Waals surface area contributed by atoms with Gasteiger partial charge in [0.2, 0.25) is 13.3 Å². The molecule has 1 heterocycles. The molecule has 0 saturated carbocycles. The van der Waals surface area contributed by atoms with Crippen LogP contribution in [-0.2, 0) is 4.74 Å². The van der Waals surface area contributed by atoms with Crippen molar-refractivity contribution in [3.63, 3.8) is 0 Å². The monoisotopic (exact) mass is 297 g/mol. The Morgan fingerprint density at radius 2 is 2.24 bits per heavy atom. The molecule has 0 aromatic heterocycles. The molecule has 2 rings (SSSR count). The van der Waals surface area contributed by atoms with E-state index in [1.807, 2.05) is 0 Å². The van der Waals surface area contributed by atoms with Crippen LogP contribution in [0.15, 0.2) is 18.2 Å². The van der Waals surface area contributed by atoms with E-state index in [4.69, 9.17) is 9.47 Å². The number of fused-ring (bicyclic) bond motifs is 1. The molecule has 1 aromatic rings. The fraction of sp³-hybridized carbons (Fsp3) is 0.417. The first-order valence-corrected chi connectivity index (χ1v) is 6.29. The maximum atomic E-state index is 11.2. The molecule has 1 aromatic carbocycles. The Morgan fingerprint density at radius 1 is 1.48 bits per heavy atom. The molecule has 1 unspecified atom stereocenters. The number of carbonyl (C=O) groups is 1. The minimum Gasteiger partial charge on any atom is -0.454 e. The minimum absolute atomic E-state index is 0.118. The molecule has 1 aliphatic heterocycles. The number of hydrazine groups is 1. The zero-order chi connectivity index (χ0) is 15.2. The quantitative estimate of drug-likeness (QED) is 0.594. The van der Waals surface area contributed by atoms with Crippen molar-refractivity contribution in [2.45, 2.75) is 13.0 Å². The molecule has 0 bridgehead atoms. The second kappa shape index (κ2) is 6.75. The molecule has 0 spiro atoms. The van der Waals surface area contributed by atoms with Gasteiger partial charge in [-0.2, -0.15) is 0 Å². The van der Waals surface area contributed by atoms with E-state index in [2.05, 4.69) is 15.6 Å². The van der Waals surface area contributed by atoms with Gasteiger partial charge in [0.05, 0.1) is 6.61 Å². The van der Waals surface area contributed by atoms with Gasteiger partial charge < -0.3 is 14.2 Å². The number of rotatable bonds is 6. The first kappa shape index (κ1) is 14.9. The lowest BCUT2D eigenvalue weighted by Gasteiger charge is -2.16. The summed E-state index contributed by atoms with van der Waals surface area (Å²) in [7, 11) is 0. The van der Waals surface area contributed by atoms with Gasteiger partial charge in [-0.3, -0.25) is 15.5 Å². The summed E-state index contributed by atoms with van der Waals surface area (Å²) in [4.78, 5) is 21.5. The second-order valence-corrected chi connectivity index (χ2v) is 4.17. The standard InChI is InChI=1S/C12H15N3O6/c1-2-19-12(16)14-13-9(6-15(17)18)8-3-4-10-11(5-8)21-7-20-10/h3-5,9,13H,2,6-7H2,1H3,(H,14,16). The normalized spacial score (nSPS) is 13.6. The lowest BCUT2D eigenvalue weighted by atomic mass is 10.1. The van der Waals surface area contributed by atoms with Gasteiger partial charge in [-0.25, -0.2) is 10.2 Å². The number of nitrogens with zero attached hydrogens (tertiary/aromatic N) is 1. The first-order chi connectivity index (χ1) is 10.1. The first-order valence-electron chi connectivity index (χ1n) is 6.29. The average molecular weight is 297 g/mol. The molecule has 0 saturated heterocycles. The molecule has 2 N–H and O–H groups in total. The molecule has 1 atom stereocenters. The van der Waals surface area contributed by atoms with Crippen molar-refractivity contribution in [3.8, 4) is 11.5 Å². The molecular weight excluding hydrogens is 282 g/mol. The molecule has 9 heteroatoms. The van der Waals surface area contributed by atoms with E-state index in [-0.39, 0.29) is 13.4 Å². The van der Waals surface area contributed by atoms with Gasteiger partial charge in [0.1, 0.15) is 6.04 Å². The highest BCUT2D eigenvalue weighted by Crippen LogP contribution is 2.34. The number of nitro groups is 1. The number of carbonyl (C=O) groups excluding carboxylic acids is 1. The summed E-state index contributed by atoms with van der Waals surface area (Å²) in [5.74, 6) is 1.09. The Kier molecular flexibility index (Phi) is 4.77. The van der Waals surface area contributed by atoms with Gasteiger partial charge >= 0.3 is 6.09 Å². The third-order valence-electron chi connectivity index (χ3n) is 2.75. The average Bonchev–Trinajstić information content (AvgIpc) is 2.90. The van der Waals surface area contributed by atoms with Crippen LogP contribution in [0.3, 0.4) is 0 Å². The number of benzene rings is 1. The lowest BCUT2D eigenvalue weighted by molar-refractivity contribution is -0.484. The number of ether oxygens (including phenoxy) is 3. The Balaban J connectivity index is 2.08. The molecule has 0 aliphatic carbocycles. The Morgan fingerprint density at radius 3 is 2.95 bits per heavy atom. The zero-order valence-corrected chi connectivity index (χ0v) is 11.3. The van der Waals surface area contributed by atoms with Crippen molar-refractivity contribution in [2.75, 3.05) is 19.9 Å². The molecule has 9 nitrogen and oxygen atoms in total. The number of hydrogen-bond acceptors (Lipinski definition) is 7. The summed E-state index contributed by atoms with van der Waals surface area (Å²) in [5, 5.41) is 10.8. The Bertz CT molecular complexity index is 536. The molecule has 0 radical (unpaired) electrons. The largest absolute Gasteiger partial charge is 0.454 e. The third-order valence-corrected chi connectivity index (χ3v) is 2.75. The predicted octanol–water partition coefficient (Wildman–Crippen LogP) is 0.984. The fourth-order valence-corrected chi connectivity index (χ4v) is 1.83. The van der Waals surface area contributed by atoms with Crippen LogP contribution < -0.4 is 20.3 Å². The van der Waals surface area contributed by atoms with Crippen LogP contribution in [0.2, 0.25) is 0 Å². The summed E-state index contributed by atoms with van der Waals surface area (Å²) >= 11 is 0. The highest BCUT2D eigenvalue weighted by molar-refractivity contribution is 5.66. The SMILES string of the molecule is CCOC(=O)NNC(C[N+](=O)[O-])c1ccc2c(c1)OCO2. The molecular formula is C12H15N3O6. The maximum Gasteiger partial charge on any atom is 0.421 e. The van der Waals surface area contributed by atoms with Gasteiger partial charge in [0.25, 0.3) is 0 Å². The van der Waals surface area contributed by atoms with Crippen molar-refractivity contribution in [1.29, 1.82) is 0 Å². The topological polar surface area (TPSA) is 112 Å². The van der Waals surface area contributed by atoms with E-state index < -0.39 is 23.6 Å². The van der Waals surface area contributed by atoms with Crippen LogP contribution in [0.1, 0.15) is 18.5 Å². The Hall–Kier alpha value is -2.55. The molecule has 21 heavy (non-hydrogen) atoms. The van der Waals surface area contributed by atoms with E-state index in [9.17, 15) is 14.9 Å². The molecule has 1 amide bonds. The fourth-order valence-electron chi connectivity index (χ4n) is 1.83. The highest BCUT2D eigenvalue weighted by atomic mass is 16.7. The van der Waals surface area contributed by atoms with Crippen molar-refractivity contribution in [3.05, 3.63) is 33.9 Å². The van der Waals surface area contributed by atoms with Crippen molar-refractivity contribution in [1.82, 2.24) is 10.9 Å². The van der Waals surface area contributed by atoms with Gasteiger partial charge in [-0.05, 0) is 24.6 Å². The molecule has 1 aliphatic rings. The lowest BCUT2D eigenvalue weighted by Crippen LogP contribution is -2.42. The van der Waals surface area contributed by atoms with Crippen LogP contribution in [0.4, 0.5) is 4.79 Å². The smallest absolute Gasteiger partial charge is 0.421 e. The van der Waals surface area contributed by atoms with Crippen molar-refractivity contribution >= 4 is 6.09 Å². The summed E-state index contributed by atoms with van der Waals surface area (Å²) in [6, 6.07) is 4.24. The van der Waals surface area contributed by atoms with Crippen LogP contribution >= 0.6 is 0 Å². The Labute approximate surface area is 120 Å². The van der Waals surface area contributed by atoms with E-state index in [1.54, 1.807) is 25.1 Å². The summed E-state index contributed by atoms with van der Waals surface area (Å²) in [5.41, 5.74) is 5.44. The maximum absolute atomic E-state index is 11.2. The third kappa shape index (κ3) is 3.96. The predicted molar refractivity (Wildman–Crippen MR) is 70.5 cm³/mol. The highest BCUT2D eigenvalue weighted by Gasteiger charge is 2.22. The van der Waals surface area contributed by atoms with E-state index in [1.165, 1.54) is 0 Å². The van der Waals surface area contributed by atoms with Gasteiger partial charge in [-0.15, -0.1) is 0 Å². The van der Waals surface area contributed by atoms with Crippen LogP contribution in [0.5, 0.6) is 11.5 Å². The number of hydrogen-bond donors (Lipinski definition) is 2. The van der Waals surface area contributed by atoms with E-state index in [0.717, 1.165) is 0 Å². The second-order valence-electron chi connectivity index (χ2n) is 4.17. The zero-order valence-electron chi connectivity index (χ0n) is 11.3. The van der Waals surface area contributed by atoms with E-state index in [0.29, 0.717) is 17.1 Å². The number of nitrogens with one attached hydrogen (secondary N) is 2. The summed E-state index contributed by atoms with van der Waals surface area (Å²) < 4.78 is 15.1. The number of amides is 1. The van der Waals surface area contributed by atoms with Gasteiger partial charge in [0, 0.05) is 4.92 Å². The van der Waals surface area contributed by atoms with Crippen LogP contribution in [-0.4, -0.2) is 31.0 Å². The van der Waals surface area contributed by atoms with Crippen molar-refractivity contribution < 1.29 is 23.9 Å². The van der Waals surface area contributed by atoms with Gasteiger partial charge in [0.15, 0.2) is 11.5 Å². The summed E-state index contributed by atoms with van der Waals surface area (Å²) in [6.45, 7) is 1.57. The summed E-state index contributed by atoms with van der Waals surface area (Å²) in [6.07, 6.45) is -0.702. The van der Waals surface area contributed by atoms with Crippen molar-refractivity contribution in [2.24, 2.45) is 0 Å². The van der Waals surface area contributed by atoms with Crippen LogP contribution in [0, 0.1) is 10.1 Å². The molecule has 114 valence electrons. The minimum atomic E-state index is -0.723. The van der Waals surface area contributed by atoms with Gasteiger partial charge in [-0.1, -0.05) is 6.07 Å². The van der Waals surface area contributed by atoms with E-state index >= 15 is 0 Å². The van der Waals surface area contributed by atoms with Crippen LogP contribution in [0.25, 0.3) is 0 Å².